The van der Waals surface area contributed by atoms with Gasteiger partial charge in [-0.05, 0) is 31.9 Å². The molecule has 1 aliphatic heterocycles. The Bertz CT molecular complexity index is 444. The van der Waals surface area contributed by atoms with Crippen LogP contribution in [0.15, 0.2) is 12.1 Å². The summed E-state index contributed by atoms with van der Waals surface area (Å²) in [5.41, 5.74) is 1.34. The number of rotatable bonds is 0. The Morgan fingerprint density at radius 3 is 2.79 bits per heavy atom. The summed E-state index contributed by atoms with van der Waals surface area (Å²) in [5.74, 6) is 0.921. The van der Waals surface area contributed by atoms with Crippen LogP contribution in [0, 0.1) is 6.92 Å². The maximum Gasteiger partial charge on any atom is 0.500 e. The third-order valence-electron chi connectivity index (χ3n) is 3.17. The van der Waals surface area contributed by atoms with Gasteiger partial charge in [0.1, 0.15) is 5.75 Å². The molecule has 3 heteroatoms. The van der Waals surface area contributed by atoms with Crippen molar-refractivity contribution in [3.05, 3.63) is 23.3 Å². The van der Waals surface area contributed by atoms with Gasteiger partial charge in [-0.2, -0.15) is 0 Å². The molecule has 0 bridgehead atoms. The number of aromatic hydroxyl groups is 1. The van der Waals surface area contributed by atoms with Crippen molar-refractivity contribution in [1.82, 2.24) is 0 Å². The molecule has 1 saturated carbocycles. The zero-order chi connectivity index (χ0) is 9.92. The highest BCUT2D eigenvalue weighted by Crippen LogP contribution is 2.59. The first-order chi connectivity index (χ1) is 6.65. The predicted octanol–water partition coefficient (Wildman–Crippen LogP) is 1.63. The maximum absolute atomic E-state index is 9.74. The van der Waals surface area contributed by atoms with Crippen molar-refractivity contribution < 1.29 is 14.6 Å². The normalized spacial score (nSPS) is 20.8. The van der Waals surface area contributed by atoms with Crippen LogP contribution in [0.5, 0.6) is 11.5 Å². The number of phenols is 1. The highest BCUT2D eigenvalue weighted by Gasteiger charge is 2.66. The van der Waals surface area contributed by atoms with Crippen molar-refractivity contribution in [1.29, 1.82) is 0 Å². The van der Waals surface area contributed by atoms with Gasteiger partial charge < -0.3 is 9.90 Å². The fraction of sp³-hybridized carbons (Fsp3) is 0.364. The lowest BCUT2D eigenvalue weighted by Gasteiger charge is -2.01. The Morgan fingerprint density at radius 1 is 1.43 bits per heavy atom. The van der Waals surface area contributed by atoms with E-state index in [1.54, 1.807) is 12.1 Å². The van der Waals surface area contributed by atoms with Crippen LogP contribution >= 0.6 is 0 Å². The van der Waals surface area contributed by atoms with E-state index in [-0.39, 0.29) is 17.1 Å². The maximum atomic E-state index is 9.74. The number of fused-ring (bicyclic) bond motifs is 2. The van der Waals surface area contributed by atoms with Crippen molar-refractivity contribution in [2.24, 2.45) is 0 Å². The molecule has 3 nitrogen and oxygen atoms in total. The average molecular weight is 191 g/mol. The number of benzene rings is 1. The zero-order valence-corrected chi connectivity index (χ0v) is 7.87. The fourth-order valence-corrected chi connectivity index (χ4v) is 2.16. The molecule has 0 amide bonds. The quantitative estimate of drug-likeness (QED) is 0.385. The molecule has 0 aromatic heterocycles. The summed E-state index contributed by atoms with van der Waals surface area (Å²) in [6, 6.07) is 3.46. The summed E-state index contributed by atoms with van der Waals surface area (Å²) < 4.78 is 5.31. The van der Waals surface area contributed by atoms with Gasteiger partial charge in [0.05, 0.1) is 5.56 Å². The molecule has 1 heterocycles. The topological polar surface area (TPSA) is 50.9 Å². The van der Waals surface area contributed by atoms with E-state index in [4.69, 9.17) is 4.74 Å². The highest BCUT2D eigenvalue weighted by molar-refractivity contribution is 5.96. The molecule has 0 atom stereocenters. The molecule has 0 unspecified atom stereocenters. The van der Waals surface area contributed by atoms with Gasteiger partial charge in [-0.3, -0.25) is 4.74 Å². The second kappa shape index (κ2) is 2.11. The second-order valence-electron chi connectivity index (χ2n) is 4.10. The minimum Gasteiger partial charge on any atom is -0.507 e. The van der Waals surface area contributed by atoms with Gasteiger partial charge in [0, 0.05) is 5.56 Å². The van der Waals surface area contributed by atoms with E-state index in [0.29, 0.717) is 5.75 Å². The average Bonchev–Trinajstić information content (AvgIpc) is 2.86. The summed E-state index contributed by atoms with van der Waals surface area (Å²) >= 11 is 0. The van der Waals surface area contributed by atoms with Crippen LogP contribution in [-0.2, 0) is 5.41 Å². The number of ether oxygens (including phenoxy) is 1. The molecule has 72 valence electrons. The molecule has 0 radical (unpaired) electrons. The van der Waals surface area contributed by atoms with E-state index in [1.165, 1.54) is 0 Å². The lowest BCUT2D eigenvalue weighted by Crippen LogP contribution is -2.17. The Balaban J connectivity index is 2.32. The van der Waals surface area contributed by atoms with Gasteiger partial charge in [0.25, 0.3) is 5.75 Å². The molecule has 3 rings (SSSR count). The van der Waals surface area contributed by atoms with E-state index in [2.05, 4.69) is 0 Å². The van der Waals surface area contributed by atoms with Gasteiger partial charge in [-0.15, -0.1) is 0 Å². The summed E-state index contributed by atoms with van der Waals surface area (Å²) in [4.78, 5) is 9.67. The van der Waals surface area contributed by atoms with E-state index in [1.807, 2.05) is 6.92 Å². The van der Waals surface area contributed by atoms with Crippen molar-refractivity contribution in [2.45, 2.75) is 25.2 Å². The Hall–Kier alpha value is -1.51. The molecule has 2 aliphatic rings. The third-order valence-corrected chi connectivity index (χ3v) is 3.17. The molecule has 1 aromatic rings. The van der Waals surface area contributed by atoms with Crippen molar-refractivity contribution in [3.63, 3.8) is 0 Å². The molecule has 1 fully saturated rings. The van der Waals surface area contributed by atoms with Gasteiger partial charge >= 0.3 is 5.97 Å². The van der Waals surface area contributed by atoms with E-state index >= 15 is 0 Å². The minimum absolute atomic E-state index is 0.0529. The van der Waals surface area contributed by atoms with E-state index in [9.17, 15) is 9.90 Å². The van der Waals surface area contributed by atoms with Crippen LogP contribution in [0.2, 0.25) is 0 Å². The van der Waals surface area contributed by atoms with Crippen LogP contribution in [0.3, 0.4) is 0 Å². The number of hydrogen-bond acceptors (Lipinski definition) is 2. The molecule has 14 heavy (non-hydrogen) atoms. The fourth-order valence-electron chi connectivity index (χ4n) is 2.16. The van der Waals surface area contributed by atoms with Gasteiger partial charge in [-0.25, -0.2) is 0 Å². The van der Waals surface area contributed by atoms with Crippen molar-refractivity contribution in [3.8, 4) is 11.5 Å². The lowest BCUT2D eigenvalue weighted by molar-refractivity contribution is 0.460. The Morgan fingerprint density at radius 2 is 2.14 bits per heavy atom. The van der Waals surface area contributed by atoms with E-state index in [0.717, 1.165) is 24.0 Å². The van der Waals surface area contributed by atoms with Gasteiger partial charge in [0.15, 0.2) is 5.41 Å². The molecule has 1 aromatic carbocycles. The van der Waals surface area contributed by atoms with Crippen molar-refractivity contribution >= 4 is 5.97 Å². The Labute approximate surface area is 81.3 Å². The van der Waals surface area contributed by atoms with Gasteiger partial charge in [0.2, 0.25) is 0 Å². The molecule has 1 aliphatic carbocycles. The number of phenolic OH excluding ortho intramolecular Hbond substituents is 1. The van der Waals surface area contributed by atoms with Crippen LogP contribution in [0.1, 0.15) is 24.0 Å². The second-order valence-corrected chi connectivity index (χ2v) is 4.10. The lowest BCUT2D eigenvalue weighted by atomic mass is 9.95. The summed E-state index contributed by atoms with van der Waals surface area (Å²) in [6.45, 7) is 1.91. The predicted molar refractivity (Wildman–Crippen MR) is 51.3 cm³/mol. The molecule has 0 saturated heterocycles. The first kappa shape index (κ1) is 7.85. The Kier molecular flexibility index (Phi) is 1.18. The van der Waals surface area contributed by atoms with Crippen LogP contribution in [0.25, 0.3) is 0 Å². The summed E-state index contributed by atoms with van der Waals surface area (Å²) in [6.07, 6.45) is 1.73. The number of hydrogen-bond donors (Lipinski definition) is 1. The standard InChI is InChI=1S/C11H10O3/c1-6-2-3-7(12)8-9(6)14-10(13)11(8)4-5-11/h2-3,12H,4-5H2,1H3/p+1. The monoisotopic (exact) mass is 191 g/mol. The zero-order valence-electron chi connectivity index (χ0n) is 7.87. The van der Waals surface area contributed by atoms with E-state index < -0.39 is 0 Å². The first-order valence-corrected chi connectivity index (χ1v) is 4.72. The number of carbonyl (C=O) groups excluding carboxylic acids is 1. The van der Waals surface area contributed by atoms with Gasteiger partial charge in [-0.1, -0.05) is 0 Å². The van der Waals surface area contributed by atoms with Crippen LogP contribution in [0.4, 0.5) is 0 Å². The first-order valence-electron chi connectivity index (χ1n) is 4.72. The van der Waals surface area contributed by atoms with Crippen molar-refractivity contribution in [2.75, 3.05) is 0 Å². The van der Waals surface area contributed by atoms with Crippen LogP contribution in [-0.4, -0.2) is 15.9 Å². The number of esters is 1. The smallest absolute Gasteiger partial charge is 0.500 e. The third kappa shape index (κ3) is 0.710. The summed E-state index contributed by atoms with van der Waals surface area (Å²) in [7, 11) is 0. The van der Waals surface area contributed by atoms with Crippen LogP contribution < -0.4 is 4.74 Å². The molecule has 2 N–H and O–H groups in total. The largest absolute Gasteiger partial charge is 0.507 e. The molecule has 1 spiro atoms. The number of aryl methyl sites for hydroxylation is 1. The molecular weight excluding hydrogens is 180 g/mol. The SMILES string of the molecule is Cc1ccc(O)c2c1OC(=[OH+])C21CC1. The highest BCUT2D eigenvalue weighted by atomic mass is 16.5. The molecular formula is C11H11O3+. The summed E-state index contributed by atoms with van der Waals surface area (Å²) in [5, 5.41) is 9.74. The minimum atomic E-state index is -0.383.